The molecule has 0 unspecified atom stereocenters. The van der Waals surface area contributed by atoms with Crippen molar-refractivity contribution in [2.45, 2.75) is 19.4 Å². The van der Waals surface area contributed by atoms with Crippen LogP contribution in [0.4, 0.5) is 16.3 Å². The lowest BCUT2D eigenvalue weighted by Crippen LogP contribution is -2.58. The first-order chi connectivity index (χ1) is 13.8. The van der Waals surface area contributed by atoms with Crippen molar-refractivity contribution >= 4 is 29.1 Å². The number of aromatic nitrogens is 1. The summed E-state index contributed by atoms with van der Waals surface area (Å²) in [7, 11) is 0. The van der Waals surface area contributed by atoms with E-state index in [1.165, 1.54) is 0 Å². The number of hydrogen-bond acceptors (Lipinski definition) is 6. The number of nitrogens with zero attached hydrogens (tertiary/aromatic N) is 3. The fourth-order valence-corrected chi connectivity index (χ4v) is 3.25. The van der Waals surface area contributed by atoms with Crippen molar-refractivity contribution < 1.29 is 9.53 Å². The highest BCUT2D eigenvalue weighted by Crippen LogP contribution is 2.28. The second-order valence-corrected chi connectivity index (χ2v) is 7.99. The van der Waals surface area contributed by atoms with Crippen molar-refractivity contribution in [2.24, 2.45) is 5.73 Å². The van der Waals surface area contributed by atoms with E-state index in [2.05, 4.69) is 29.0 Å². The second kappa shape index (κ2) is 8.86. The maximum Gasteiger partial charge on any atom is 0.323 e. The average molecular weight is 419 g/mol. The van der Waals surface area contributed by atoms with Gasteiger partial charge in [-0.3, -0.25) is 10.2 Å². The van der Waals surface area contributed by atoms with E-state index >= 15 is 0 Å². The van der Waals surface area contributed by atoms with Crippen LogP contribution in [0.2, 0.25) is 5.02 Å². The topological polar surface area (TPSA) is 110 Å². The van der Waals surface area contributed by atoms with E-state index in [1.54, 1.807) is 41.4 Å². The Bertz CT molecular complexity index is 868. The lowest BCUT2D eigenvalue weighted by atomic mass is 10.0. The summed E-state index contributed by atoms with van der Waals surface area (Å²) in [6, 6.07) is 8.21. The molecule has 1 aliphatic rings. The van der Waals surface area contributed by atoms with Gasteiger partial charge in [0.05, 0.1) is 10.7 Å². The molecule has 0 saturated carbocycles. The standard InChI is InChI=1S/C20H27ClN6O2/c1-20(2,13-22)27-9-7-26(8-10-27)19(28)25-18-12-15(5-6-24-18)29-14-3-4-17(23)16(21)11-14/h3-6,11-12H,7-10,13,22-23H2,1-2H3,(H,24,25,28). The minimum absolute atomic E-state index is 0.0687. The molecule has 1 aromatic carbocycles. The molecule has 1 fully saturated rings. The molecule has 2 heterocycles. The Morgan fingerprint density at radius 3 is 2.55 bits per heavy atom. The molecule has 5 N–H and O–H groups in total. The molecule has 29 heavy (non-hydrogen) atoms. The van der Waals surface area contributed by atoms with Crippen LogP contribution in [0.15, 0.2) is 36.5 Å². The molecule has 156 valence electrons. The number of nitrogen functional groups attached to an aromatic ring is 1. The summed E-state index contributed by atoms with van der Waals surface area (Å²) >= 11 is 6.02. The van der Waals surface area contributed by atoms with Gasteiger partial charge < -0.3 is 21.1 Å². The highest BCUT2D eigenvalue weighted by Gasteiger charge is 2.30. The molecule has 1 aromatic heterocycles. The molecular weight excluding hydrogens is 392 g/mol. The summed E-state index contributed by atoms with van der Waals surface area (Å²) in [6.07, 6.45) is 1.57. The summed E-state index contributed by atoms with van der Waals surface area (Å²) < 4.78 is 5.78. The van der Waals surface area contributed by atoms with Crippen LogP contribution in [-0.4, -0.2) is 59.1 Å². The van der Waals surface area contributed by atoms with Crippen LogP contribution in [0.3, 0.4) is 0 Å². The van der Waals surface area contributed by atoms with Crippen molar-refractivity contribution in [3.63, 3.8) is 0 Å². The normalized spacial score (nSPS) is 15.2. The van der Waals surface area contributed by atoms with E-state index in [-0.39, 0.29) is 11.6 Å². The Morgan fingerprint density at radius 1 is 1.21 bits per heavy atom. The first-order valence-corrected chi connectivity index (χ1v) is 9.86. The van der Waals surface area contributed by atoms with Gasteiger partial charge in [0, 0.05) is 56.6 Å². The number of hydrogen-bond donors (Lipinski definition) is 3. The largest absolute Gasteiger partial charge is 0.457 e. The van der Waals surface area contributed by atoms with Crippen LogP contribution in [0.5, 0.6) is 11.5 Å². The summed E-state index contributed by atoms with van der Waals surface area (Å²) in [5.41, 5.74) is 12.0. The number of halogens is 1. The molecule has 2 amide bonds. The highest BCUT2D eigenvalue weighted by molar-refractivity contribution is 6.33. The van der Waals surface area contributed by atoms with Crippen LogP contribution in [0, 0.1) is 0 Å². The number of anilines is 2. The maximum absolute atomic E-state index is 12.6. The number of ether oxygens (including phenoxy) is 1. The van der Waals surface area contributed by atoms with E-state index in [4.69, 9.17) is 27.8 Å². The van der Waals surface area contributed by atoms with E-state index in [1.807, 2.05) is 0 Å². The van der Waals surface area contributed by atoms with Gasteiger partial charge in [-0.15, -0.1) is 0 Å². The van der Waals surface area contributed by atoms with E-state index < -0.39 is 0 Å². The third kappa shape index (κ3) is 5.29. The average Bonchev–Trinajstić information content (AvgIpc) is 2.71. The van der Waals surface area contributed by atoms with Gasteiger partial charge >= 0.3 is 6.03 Å². The smallest absolute Gasteiger partial charge is 0.323 e. The van der Waals surface area contributed by atoms with Gasteiger partial charge in [-0.2, -0.15) is 0 Å². The minimum atomic E-state index is -0.185. The third-order valence-electron chi connectivity index (χ3n) is 5.10. The zero-order valence-electron chi connectivity index (χ0n) is 16.7. The summed E-state index contributed by atoms with van der Waals surface area (Å²) in [5.74, 6) is 1.50. The highest BCUT2D eigenvalue weighted by atomic mass is 35.5. The molecule has 9 heteroatoms. The van der Waals surface area contributed by atoms with Crippen LogP contribution < -0.4 is 21.5 Å². The second-order valence-electron chi connectivity index (χ2n) is 7.58. The lowest BCUT2D eigenvalue weighted by molar-refractivity contribution is 0.0715. The van der Waals surface area contributed by atoms with Crippen molar-refractivity contribution in [3.05, 3.63) is 41.6 Å². The zero-order valence-corrected chi connectivity index (χ0v) is 17.4. The van der Waals surface area contributed by atoms with Crippen molar-refractivity contribution in [3.8, 4) is 11.5 Å². The molecule has 2 aromatic rings. The number of urea groups is 1. The summed E-state index contributed by atoms with van der Waals surface area (Å²) in [4.78, 5) is 20.9. The predicted octanol–water partition coefficient (Wildman–Crippen LogP) is 3.00. The SMILES string of the molecule is CC(C)(CN)N1CCN(C(=O)Nc2cc(Oc3ccc(N)c(Cl)c3)ccn2)CC1. The Morgan fingerprint density at radius 2 is 1.90 bits per heavy atom. The van der Waals surface area contributed by atoms with Gasteiger partial charge in [-0.25, -0.2) is 9.78 Å². The monoisotopic (exact) mass is 418 g/mol. The predicted molar refractivity (Wildman–Crippen MR) is 115 cm³/mol. The number of rotatable bonds is 5. The number of nitrogens with two attached hydrogens (primary N) is 2. The summed E-state index contributed by atoms with van der Waals surface area (Å²) in [5, 5.41) is 3.25. The molecule has 1 aliphatic heterocycles. The zero-order chi connectivity index (χ0) is 21.0. The molecule has 1 saturated heterocycles. The Balaban J connectivity index is 1.59. The fraction of sp³-hybridized carbons (Fsp3) is 0.400. The number of piperazine rings is 1. The molecule has 0 atom stereocenters. The molecule has 0 spiro atoms. The van der Waals surface area contributed by atoms with E-state index in [9.17, 15) is 4.79 Å². The van der Waals surface area contributed by atoms with Gasteiger partial charge in [0.15, 0.2) is 0 Å². The van der Waals surface area contributed by atoms with Gasteiger partial charge in [0.25, 0.3) is 0 Å². The minimum Gasteiger partial charge on any atom is -0.457 e. The molecule has 0 bridgehead atoms. The Labute approximate surface area is 175 Å². The van der Waals surface area contributed by atoms with Crippen LogP contribution in [0.25, 0.3) is 0 Å². The first-order valence-electron chi connectivity index (χ1n) is 9.48. The number of nitrogens with one attached hydrogen (secondary N) is 1. The first kappa shape index (κ1) is 21.2. The van der Waals surface area contributed by atoms with Gasteiger partial charge in [0.2, 0.25) is 0 Å². The number of amides is 2. The van der Waals surface area contributed by atoms with Gasteiger partial charge in [0.1, 0.15) is 17.3 Å². The number of pyridine rings is 1. The van der Waals surface area contributed by atoms with Crippen molar-refractivity contribution in [2.75, 3.05) is 43.8 Å². The Hall–Kier alpha value is -2.55. The fourth-order valence-electron chi connectivity index (χ4n) is 3.08. The van der Waals surface area contributed by atoms with Crippen LogP contribution in [0.1, 0.15) is 13.8 Å². The maximum atomic E-state index is 12.6. The molecule has 0 radical (unpaired) electrons. The van der Waals surface area contributed by atoms with Gasteiger partial charge in [-0.05, 0) is 32.0 Å². The summed E-state index contributed by atoms with van der Waals surface area (Å²) in [6.45, 7) is 7.65. The van der Waals surface area contributed by atoms with Gasteiger partial charge in [-0.1, -0.05) is 11.6 Å². The van der Waals surface area contributed by atoms with E-state index in [0.29, 0.717) is 47.7 Å². The third-order valence-corrected chi connectivity index (χ3v) is 5.42. The lowest BCUT2D eigenvalue weighted by Gasteiger charge is -2.43. The number of carbonyl (C=O) groups is 1. The van der Waals surface area contributed by atoms with E-state index in [0.717, 1.165) is 13.1 Å². The van der Waals surface area contributed by atoms with Crippen molar-refractivity contribution in [1.82, 2.24) is 14.8 Å². The number of carbonyl (C=O) groups excluding carboxylic acids is 1. The van der Waals surface area contributed by atoms with Crippen LogP contribution >= 0.6 is 11.6 Å². The quantitative estimate of drug-likeness (QED) is 0.644. The Kier molecular flexibility index (Phi) is 6.46. The van der Waals surface area contributed by atoms with Crippen molar-refractivity contribution in [1.29, 1.82) is 0 Å². The molecule has 8 nitrogen and oxygen atoms in total. The molecular formula is C20H27ClN6O2. The number of benzene rings is 1. The molecule has 0 aliphatic carbocycles. The van der Waals surface area contributed by atoms with Crippen LogP contribution in [-0.2, 0) is 0 Å². The molecule has 3 rings (SSSR count).